The molecule has 0 radical (unpaired) electrons. The highest BCUT2D eigenvalue weighted by atomic mass is 32.1. The normalized spacial score (nSPS) is 9.50. The third-order valence-electron chi connectivity index (χ3n) is 1.45. The van der Waals surface area contributed by atoms with Crippen LogP contribution in [0.15, 0.2) is 0 Å². The van der Waals surface area contributed by atoms with Crippen molar-refractivity contribution in [2.75, 3.05) is 20.2 Å². The molecule has 0 heterocycles. The predicted octanol–water partition coefficient (Wildman–Crippen LogP) is -0.497. The van der Waals surface area contributed by atoms with E-state index in [0.29, 0.717) is 18.0 Å². The van der Waals surface area contributed by atoms with Gasteiger partial charge in [-0.15, -0.1) is 0 Å². The highest BCUT2D eigenvalue weighted by Crippen LogP contribution is 1.92. The number of amides is 1. The van der Waals surface area contributed by atoms with Crippen molar-refractivity contribution in [1.82, 2.24) is 4.90 Å². The molecule has 4 nitrogen and oxygen atoms in total. The van der Waals surface area contributed by atoms with Gasteiger partial charge in [-0.3, -0.25) is 4.79 Å². The number of carbonyl (C=O) groups is 1. The van der Waals surface area contributed by atoms with Crippen LogP contribution in [-0.4, -0.2) is 41.1 Å². The fourth-order valence-corrected chi connectivity index (χ4v) is 0.780. The van der Waals surface area contributed by atoms with Crippen molar-refractivity contribution in [2.24, 2.45) is 5.73 Å². The molecular weight excluding hydrogens is 176 g/mol. The molecule has 0 aliphatic heterocycles. The second kappa shape index (κ2) is 5.91. The minimum Gasteiger partial charge on any atom is -0.396 e. The zero-order chi connectivity index (χ0) is 9.56. The van der Waals surface area contributed by atoms with E-state index in [1.54, 1.807) is 7.05 Å². The van der Waals surface area contributed by atoms with E-state index in [2.05, 4.69) is 12.2 Å². The molecule has 0 fully saturated rings. The quantitative estimate of drug-likeness (QED) is 0.574. The maximum atomic E-state index is 11.0. The Hall–Kier alpha value is -0.680. The molecule has 0 atom stereocenters. The average molecular weight is 190 g/mol. The number of nitrogens with two attached hydrogens (primary N) is 1. The first-order chi connectivity index (χ1) is 5.57. The molecule has 0 bridgehead atoms. The van der Waals surface area contributed by atoms with Crippen LogP contribution >= 0.6 is 12.2 Å². The molecule has 0 saturated heterocycles. The minimum atomic E-state index is -0.115. The van der Waals surface area contributed by atoms with Gasteiger partial charge in [0, 0.05) is 26.4 Å². The number of aliphatic hydroxyl groups is 1. The molecule has 0 rings (SSSR count). The summed E-state index contributed by atoms with van der Waals surface area (Å²) in [6.07, 6.45) is 0.691. The van der Waals surface area contributed by atoms with Gasteiger partial charge in [0.05, 0.1) is 11.6 Å². The van der Waals surface area contributed by atoms with Gasteiger partial charge in [-0.1, -0.05) is 12.2 Å². The molecule has 12 heavy (non-hydrogen) atoms. The van der Waals surface area contributed by atoms with E-state index in [1.165, 1.54) is 4.90 Å². The summed E-state index contributed by atoms with van der Waals surface area (Å²) in [5, 5.41) is 8.46. The Kier molecular flexibility index (Phi) is 5.57. The van der Waals surface area contributed by atoms with Crippen molar-refractivity contribution in [1.29, 1.82) is 0 Å². The molecule has 0 aromatic rings. The summed E-state index contributed by atoms with van der Waals surface area (Å²) in [6, 6.07) is 0. The van der Waals surface area contributed by atoms with E-state index in [-0.39, 0.29) is 18.9 Å². The van der Waals surface area contributed by atoms with Crippen LogP contribution in [0.3, 0.4) is 0 Å². The van der Waals surface area contributed by atoms with Crippen LogP contribution < -0.4 is 5.73 Å². The topological polar surface area (TPSA) is 66.6 Å². The van der Waals surface area contributed by atoms with E-state index >= 15 is 0 Å². The zero-order valence-electron chi connectivity index (χ0n) is 7.12. The first-order valence-corrected chi connectivity index (χ1v) is 4.12. The lowest BCUT2D eigenvalue weighted by molar-refractivity contribution is -0.130. The van der Waals surface area contributed by atoms with Crippen LogP contribution in [-0.2, 0) is 4.79 Å². The molecule has 5 heteroatoms. The van der Waals surface area contributed by atoms with Gasteiger partial charge < -0.3 is 15.7 Å². The van der Waals surface area contributed by atoms with Crippen LogP contribution in [0.25, 0.3) is 0 Å². The van der Waals surface area contributed by atoms with E-state index < -0.39 is 0 Å². The Bertz CT molecular complexity index is 173. The number of thiocarbonyl (C=S) groups is 1. The largest absolute Gasteiger partial charge is 0.396 e. The summed E-state index contributed by atoms with van der Waals surface area (Å²) >= 11 is 4.66. The number of nitrogens with zero attached hydrogens (tertiary/aromatic N) is 1. The number of carbonyl (C=O) groups excluding carboxylic acids is 1. The van der Waals surface area contributed by atoms with Gasteiger partial charge in [0.15, 0.2) is 0 Å². The second-order valence-corrected chi connectivity index (χ2v) is 3.03. The molecular formula is C7H14N2O2S. The SMILES string of the molecule is CN(CCC(N)=S)C(=O)CCO. The maximum absolute atomic E-state index is 11.0. The third kappa shape index (κ3) is 5.03. The molecule has 3 N–H and O–H groups in total. The van der Waals surface area contributed by atoms with Crippen molar-refractivity contribution in [2.45, 2.75) is 12.8 Å². The fourth-order valence-electron chi connectivity index (χ4n) is 0.689. The molecule has 0 unspecified atom stereocenters. The second-order valence-electron chi connectivity index (χ2n) is 2.51. The van der Waals surface area contributed by atoms with Crippen molar-refractivity contribution < 1.29 is 9.90 Å². The summed E-state index contributed by atoms with van der Waals surface area (Å²) in [6.45, 7) is 0.407. The fraction of sp³-hybridized carbons (Fsp3) is 0.714. The van der Waals surface area contributed by atoms with Crippen molar-refractivity contribution in [3.8, 4) is 0 Å². The molecule has 0 spiro atoms. The Morgan fingerprint density at radius 3 is 2.58 bits per heavy atom. The van der Waals surface area contributed by atoms with Crippen LogP contribution in [0.4, 0.5) is 0 Å². The van der Waals surface area contributed by atoms with Gasteiger partial charge >= 0.3 is 0 Å². The first kappa shape index (κ1) is 11.3. The number of hydrogen-bond donors (Lipinski definition) is 2. The van der Waals surface area contributed by atoms with Crippen LogP contribution in [0.1, 0.15) is 12.8 Å². The average Bonchev–Trinajstić information content (AvgIpc) is 2.00. The van der Waals surface area contributed by atoms with Gasteiger partial charge in [-0.25, -0.2) is 0 Å². The van der Waals surface area contributed by atoms with Crippen LogP contribution in [0.2, 0.25) is 0 Å². The lowest BCUT2D eigenvalue weighted by atomic mass is 10.3. The van der Waals surface area contributed by atoms with Gasteiger partial charge in [0.2, 0.25) is 5.91 Å². The van der Waals surface area contributed by atoms with Crippen molar-refractivity contribution in [3.63, 3.8) is 0 Å². The molecule has 0 saturated carbocycles. The summed E-state index contributed by atoms with van der Waals surface area (Å²) in [4.78, 5) is 12.9. The standard InChI is InChI=1S/C7H14N2O2S/c1-9(4-2-6(8)12)7(11)3-5-10/h10H,2-5H2,1H3,(H2,8,12). The van der Waals surface area contributed by atoms with Gasteiger partial charge in [-0.05, 0) is 0 Å². The predicted molar refractivity (Wildman–Crippen MR) is 50.7 cm³/mol. The maximum Gasteiger partial charge on any atom is 0.224 e. The Balaban J connectivity index is 3.63. The van der Waals surface area contributed by atoms with Gasteiger partial charge in [0.1, 0.15) is 0 Å². The van der Waals surface area contributed by atoms with Crippen molar-refractivity contribution in [3.05, 3.63) is 0 Å². The molecule has 0 aromatic heterocycles. The van der Waals surface area contributed by atoms with E-state index in [0.717, 1.165) is 0 Å². The molecule has 1 amide bonds. The number of aliphatic hydroxyl groups excluding tert-OH is 1. The molecule has 70 valence electrons. The third-order valence-corrected chi connectivity index (χ3v) is 1.65. The van der Waals surface area contributed by atoms with Gasteiger partial charge in [0.25, 0.3) is 0 Å². The number of rotatable bonds is 5. The molecule has 0 aliphatic carbocycles. The zero-order valence-corrected chi connectivity index (χ0v) is 7.93. The van der Waals surface area contributed by atoms with Crippen molar-refractivity contribution >= 4 is 23.1 Å². The highest BCUT2D eigenvalue weighted by Gasteiger charge is 2.06. The Morgan fingerprint density at radius 2 is 2.17 bits per heavy atom. The van der Waals surface area contributed by atoms with Crippen LogP contribution in [0, 0.1) is 0 Å². The van der Waals surface area contributed by atoms with E-state index in [1.807, 2.05) is 0 Å². The minimum absolute atomic E-state index is 0.0891. The highest BCUT2D eigenvalue weighted by molar-refractivity contribution is 7.80. The Labute approximate surface area is 77.3 Å². The summed E-state index contributed by atoms with van der Waals surface area (Å²) in [7, 11) is 1.66. The number of hydrogen-bond acceptors (Lipinski definition) is 3. The monoisotopic (exact) mass is 190 g/mol. The summed E-state index contributed by atoms with van der Waals surface area (Å²) in [5.74, 6) is -0.0891. The lowest BCUT2D eigenvalue weighted by Crippen LogP contribution is -2.30. The lowest BCUT2D eigenvalue weighted by Gasteiger charge is -2.15. The summed E-state index contributed by atoms with van der Waals surface area (Å²) < 4.78 is 0. The molecule has 0 aromatic carbocycles. The van der Waals surface area contributed by atoms with Gasteiger partial charge in [-0.2, -0.15) is 0 Å². The Morgan fingerprint density at radius 1 is 1.58 bits per heavy atom. The summed E-state index contributed by atoms with van der Waals surface area (Å²) in [5.41, 5.74) is 5.26. The van der Waals surface area contributed by atoms with E-state index in [4.69, 9.17) is 10.8 Å². The van der Waals surface area contributed by atoms with E-state index in [9.17, 15) is 4.79 Å². The smallest absolute Gasteiger partial charge is 0.224 e. The van der Waals surface area contributed by atoms with Crippen LogP contribution in [0.5, 0.6) is 0 Å². The molecule has 0 aliphatic rings. The first-order valence-electron chi connectivity index (χ1n) is 3.71.